The Morgan fingerprint density at radius 1 is 1.11 bits per heavy atom. The second kappa shape index (κ2) is 6.98. The number of hydrogen-bond acceptors (Lipinski definition) is 2. The Balaban J connectivity index is 1.87. The Labute approximate surface area is 169 Å². The third kappa shape index (κ3) is 3.11. The largest absolute Gasteiger partial charge is 0.352 e. The van der Waals surface area contributed by atoms with Crippen LogP contribution in [0.1, 0.15) is 34.7 Å². The molecular weight excluding hydrogens is 376 g/mol. The normalized spacial score (nSPS) is 19.4. The van der Waals surface area contributed by atoms with Gasteiger partial charge in [-0.3, -0.25) is 4.98 Å². The molecule has 0 unspecified atom stereocenters. The van der Waals surface area contributed by atoms with Crippen LogP contribution in [0.15, 0.2) is 54.7 Å². The summed E-state index contributed by atoms with van der Waals surface area (Å²) in [5.41, 5.74) is 5.68. The predicted octanol–water partition coefficient (Wildman–Crippen LogP) is 4.87. The van der Waals surface area contributed by atoms with Gasteiger partial charge in [-0.1, -0.05) is 17.7 Å². The molecule has 6 heteroatoms. The van der Waals surface area contributed by atoms with Crippen LogP contribution in [0.3, 0.4) is 0 Å². The first-order valence-corrected chi connectivity index (χ1v) is 9.65. The van der Waals surface area contributed by atoms with E-state index in [2.05, 4.69) is 46.7 Å². The van der Waals surface area contributed by atoms with Gasteiger partial charge in [-0.2, -0.15) is 0 Å². The van der Waals surface area contributed by atoms with Gasteiger partial charge in [-0.15, -0.1) is 0 Å². The van der Waals surface area contributed by atoms with Gasteiger partial charge in [0.25, 0.3) is 0 Å². The number of pyridine rings is 1. The van der Waals surface area contributed by atoms with E-state index in [1.807, 2.05) is 48.7 Å². The Hall–Kier alpha value is -2.37. The van der Waals surface area contributed by atoms with E-state index >= 15 is 0 Å². The van der Waals surface area contributed by atoms with Crippen LogP contribution < -0.4 is 10.2 Å². The molecule has 4 nitrogen and oxygen atoms in total. The third-order valence-electron chi connectivity index (χ3n) is 5.34. The molecule has 0 spiro atoms. The average Bonchev–Trinajstić information content (AvgIpc) is 3.14. The summed E-state index contributed by atoms with van der Waals surface area (Å²) >= 11 is 11.8. The van der Waals surface area contributed by atoms with E-state index in [1.165, 1.54) is 17.0 Å². The molecule has 0 aliphatic carbocycles. The van der Waals surface area contributed by atoms with E-state index in [4.69, 9.17) is 23.8 Å². The fraction of sp³-hybridized carbons (Fsp3) is 0.238. The molecule has 1 saturated heterocycles. The van der Waals surface area contributed by atoms with Crippen molar-refractivity contribution in [3.05, 3.63) is 82.4 Å². The molecule has 1 N–H and O–H groups in total. The number of rotatable bonds is 3. The molecule has 3 aromatic rings. The molecule has 3 heterocycles. The maximum atomic E-state index is 6.10. The zero-order chi connectivity index (χ0) is 19.1. The van der Waals surface area contributed by atoms with E-state index in [-0.39, 0.29) is 12.1 Å². The summed E-state index contributed by atoms with van der Waals surface area (Å²) in [5.74, 6) is 0. The molecule has 1 aliphatic rings. The average molecular weight is 397 g/mol. The van der Waals surface area contributed by atoms with E-state index in [0.717, 1.165) is 11.4 Å². The van der Waals surface area contributed by atoms with Gasteiger partial charge in [0.15, 0.2) is 5.11 Å². The molecule has 1 fully saturated rings. The van der Waals surface area contributed by atoms with E-state index < -0.39 is 0 Å². The molecule has 1 aromatic carbocycles. The predicted molar refractivity (Wildman–Crippen MR) is 114 cm³/mol. The lowest BCUT2D eigenvalue weighted by molar-refractivity contribution is 0.564. The van der Waals surface area contributed by atoms with Gasteiger partial charge in [0, 0.05) is 35.3 Å². The summed E-state index contributed by atoms with van der Waals surface area (Å²) in [6.07, 6.45) is 1.82. The monoisotopic (exact) mass is 396 g/mol. The topological polar surface area (TPSA) is 33.1 Å². The zero-order valence-electron chi connectivity index (χ0n) is 15.5. The Kier molecular flexibility index (Phi) is 4.66. The van der Waals surface area contributed by atoms with Crippen LogP contribution in [-0.2, 0) is 7.05 Å². The van der Waals surface area contributed by atoms with Crippen molar-refractivity contribution in [2.75, 3.05) is 4.90 Å². The van der Waals surface area contributed by atoms with Gasteiger partial charge in [-0.05, 0) is 74.1 Å². The highest BCUT2D eigenvalue weighted by atomic mass is 35.5. The number of nitrogens with one attached hydrogen (secondary N) is 1. The second-order valence-electron chi connectivity index (χ2n) is 6.86. The summed E-state index contributed by atoms with van der Waals surface area (Å²) in [6.45, 7) is 4.28. The molecule has 2 aromatic heterocycles. The maximum absolute atomic E-state index is 6.10. The van der Waals surface area contributed by atoms with Gasteiger partial charge in [0.05, 0.1) is 17.8 Å². The van der Waals surface area contributed by atoms with Crippen molar-refractivity contribution in [1.82, 2.24) is 14.9 Å². The van der Waals surface area contributed by atoms with Crippen LogP contribution in [0.2, 0.25) is 5.02 Å². The lowest BCUT2D eigenvalue weighted by atomic mass is 9.96. The molecule has 138 valence electrons. The highest BCUT2D eigenvalue weighted by Gasteiger charge is 2.42. The summed E-state index contributed by atoms with van der Waals surface area (Å²) < 4.78 is 2.21. The first kappa shape index (κ1) is 18.0. The molecule has 0 bridgehead atoms. The number of hydrogen-bond donors (Lipinski definition) is 1. The van der Waals surface area contributed by atoms with Crippen molar-refractivity contribution in [1.29, 1.82) is 0 Å². The van der Waals surface area contributed by atoms with Gasteiger partial charge in [-0.25, -0.2) is 0 Å². The SMILES string of the molecule is Cc1cc([C@@H]2[C@H](c3ccccn3)NC(=S)N2c2ccc(Cl)cc2)c(C)n1C. The lowest BCUT2D eigenvalue weighted by Crippen LogP contribution is -2.29. The summed E-state index contributed by atoms with van der Waals surface area (Å²) in [5, 5.41) is 4.89. The first-order valence-electron chi connectivity index (χ1n) is 8.86. The van der Waals surface area contributed by atoms with Gasteiger partial charge in [0.2, 0.25) is 0 Å². The zero-order valence-corrected chi connectivity index (χ0v) is 17.1. The number of aromatic nitrogens is 2. The van der Waals surface area contributed by atoms with E-state index in [9.17, 15) is 0 Å². The Morgan fingerprint density at radius 3 is 2.44 bits per heavy atom. The van der Waals surface area contributed by atoms with Gasteiger partial charge >= 0.3 is 0 Å². The first-order chi connectivity index (χ1) is 13.0. The van der Waals surface area contributed by atoms with Crippen LogP contribution >= 0.6 is 23.8 Å². The van der Waals surface area contributed by atoms with E-state index in [1.54, 1.807) is 0 Å². The van der Waals surface area contributed by atoms with Crippen molar-refractivity contribution in [3.63, 3.8) is 0 Å². The Bertz CT molecular complexity index is 981. The summed E-state index contributed by atoms with van der Waals surface area (Å²) in [6, 6.07) is 16.0. The van der Waals surface area contributed by atoms with Crippen LogP contribution in [0.4, 0.5) is 5.69 Å². The second-order valence-corrected chi connectivity index (χ2v) is 7.68. The van der Waals surface area contributed by atoms with Crippen molar-refractivity contribution < 1.29 is 0 Å². The van der Waals surface area contributed by atoms with Gasteiger partial charge < -0.3 is 14.8 Å². The number of anilines is 1. The fourth-order valence-corrected chi connectivity index (χ4v) is 4.21. The number of aryl methyl sites for hydroxylation is 1. The smallest absolute Gasteiger partial charge is 0.174 e. The molecule has 4 rings (SSSR count). The van der Waals surface area contributed by atoms with Crippen molar-refractivity contribution in [3.8, 4) is 0 Å². The van der Waals surface area contributed by atoms with Crippen molar-refractivity contribution in [2.45, 2.75) is 25.9 Å². The number of benzene rings is 1. The van der Waals surface area contributed by atoms with Crippen LogP contribution in [0, 0.1) is 13.8 Å². The third-order valence-corrected chi connectivity index (χ3v) is 5.90. The maximum Gasteiger partial charge on any atom is 0.174 e. The minimum Gasteiger partial charge on any atom is -0.352 e. The molecule has 0 radical (unpaired) electrons. The molecular formula is C21H21ClN4S. The fourth-order valence-electron chi connectivity index (χ4n) is 3.73. The minimum absolute atomic E-state index is 0.00785. The number of thiocarbonyl (C=S) groups is 1. The quantitative estimate of drug-likeness (QED) is 0.640. The molecule has 0 amide bonds. The number of nitrogens with zero attached hydrogens (tertiary/aromatic N) is 3. The number of halogens is 1. The van der Waals surface area contributed by atoms with Crippen LogP contribution in [-0.4, -0.2) is 14.7 Å². The highest BCUT2D eigenvalue weighted by molar-refractivity contribution is 7.80. The highest BCUT2D eigenvalue weighted by Crippen LogP contribution is 2.43. The van der Waals surface area contributed by atoms with Crippen molar-refractivity contribution >= 4 is 34.6 Å². The molecule has 27 heavy (non-hydrogen) atoms. The van der Waals surface area contributed by atoms with Gasteiger partial charge in [0.1, 0.15) is 0 Å². The molecule has 0 saturated carbocycles. The van der Waals surface area contributed by atoms with Crippen LogP contribution in [0.25, 0.3) is 0 Å². The Morgan fingerprint density at radius 2 is 1.85 bits per heavy atom. The van der Waals surface area contributed by atoms with Crippen LogP contribution in [0.5, 0.6) is 0 Å². The molecule has 2 atom stereocenters. The van der Waals surface area contributed by atoms with Crippen molar-refractivity contribution in [2.24, 2.45) is 7.05 Å². The standard InChI is InChI=1S/C21H21ClN4S/c1-13-12-17(14(2)25(13)3)20-19(18-6-4-5-11-23-18)24-21(27)26(20)16-9-7-15(22)8-10-16/h4-12,19-20H,1-3H3,(H,24,27)/t19-,20+/m0/s1. The lowest BCUT2D eigenvalue weighted by Gasteiger charge is -2.28. The van der Waals surface area contributed by atoms with E-state index in [0.29, 0.717) is 10.1 Å². The minimum atomic E-state index is -0.0325. The summed E-state index contributed by atoms with van der Waals surface area (Å²) in [4.78, 5) is 6.77. The molecule has 1 aliphatic heterocycles. The summed E-state index contributed by atoms with van der Waals surface area (Å²) in [7, 11) is 2.09.